The van der Waals surface area contributed by atoms with E-state index in [4.69, 9.17) is 18.3 Å². The maximum absolute atomic E-state index is 11.8. The van der Waals surface area contributed by atoms with Gasteiger partial charge in [0.05, 0.1) is 43.2 Å². The van der Waals surface area contributed by atoms with Crippen LogP contribution in [0.25, 0.3) is 0 Å². The summed E-state index contributed by atoms with van der Waals surface area (Å²) in [5, 5.41) is 33.7. The standard InChI is InChI=1S/C51H98O7Si2/c1-12-13-14-15-16-17-18-19-20-21-22-23-24-25-31-36-46(57-59(8,9)50(2,3)4)47-40-48(58-60(10,11)51(5,6)7)49(56-47)45(54)38-37-44(53)43(52)35-30-27-32-39-55-41-42-33-28-26-29-34-42/h26,28-29,33-34,43-49,52-54H,12-25,27,30-32,35-41H2,1-11H3/t43-,44+,45+,46+,47+,48-,49-/m1/s1. The minimum atomic E-state index is -2.19. The van der Waals surface area contributed by atoms with E-state index in [1.165, 1.54) is 95.5 Å². The number of aliphatic hydroxyl groups is 3. The zero-order valence-corrected chi connectivity index (χ0v) is 43.1. The van der Waals surface area contributed by atoms with Crippen LogP contribution in [0.5, 0.6) is 0 Å². The fourth-order valence-electron chi connectivity index (χ4n) is 7.94. The van der Waals surface area contributed by atoms with Gasteiger partial charge in [-0.15, -0.1) is 0 Å². The van der Waals surface area contributed by atoms with Crippen LogP contribution in [-0.4, -0.2) is 81.3 Å². The van der Waals surface area contributed by atoms with Crippen molar-refractivity contribution in [2.75, 3.05) is 6.61 Å². The number of hydrogen-bond acceptors (Lipinski definition) is 7. The predicted octanol–water partition coefficient (Wildman–Crippen LogP) is 13.8. The maximum Gasteiger partial charge on any atom is 0.192 e. The third kappa shape index (κ3) is 21.8. The molecule has 0 unspecified atom stereocenters. The van der Waals surface area contributed by atoms with Gasteiger partial charge in [-0.1, -0.05) is 188 Å². The molecule has 7 atom stereocenters. The van der Waals surface area contributed by atoms with E-state index >= 15 is 0 Å². The molecule has 9 heteroatoms. The molecule has 0 aliphatic carbocycles. The number of ether oxygens (including phenoxy) is 2. The molecule has 0 saturated carbocycles. The van der Waals surface area contributed by atoms with Gasteiger partial charge in [0.2, 0.25) is 0 Å². The summed E-state index contributed by atoms with van der Waals surface area (Å²) in [7, 11) is -4.30. The van der Waals surface area contributed by atoms with E-state index in [1.807, 2.05) is 18.2 Å². The Hall–Kier alpha value is -0.626. The summed E-state index contributed by atoms with van der Waals surface area (Å²) in [4.78, 5) is 0. The number of hydrogen-bond donors (Lipinski definition) is 3. The van der Waals surface area contributed by atoms with Crippen LogP contribution in [0.2, 0.25) is 36.3 Å². The van der Waals surface area contributed by atoms with Crippen molar-refractivity contribution < 1.29 is 33.6 Å². The fraction of sp³-hybridized carbons (Fsp3) is 0.882. The summed E-state index contributed by atoms with van der Waals surface area (Å²) in [6.45, 7) is 26.5. The van der Waals surface area contributed by atoms with E-state index in [9.17, 15) is 15.3 Å². The normalized spacial score (nSPS) is 20.1. The molecule has 0 amide bonds. The molecule has 0 radical (unpaired) electrons. The van der Waals surface area contributed by atoms with Crippen LogP contribution in [-0.2, 0) is 24.9 Å². The van der Waals surface area contributed by atoms with Gasteiger partial charge >= 0.3 is 0 Å². The van der Waals surface area contributed by atoms with E-state index in [0.29, 0.717) is 38.9 Å². The molecule has 60 heavy (non-hydrogen) atoms. The smallest absolute Gasteiger partial charge is 0.192 e. The third-order valence-electron chi connectivity index (χ3n) is 14.2. The van der Waals surface area contributed by atoms with Crippen LogP contribution in [0.3, 0.4) is 0 Å². The van der Waals surface area contributed by atoms with Crippen molar-refractivity contribution in [3.05, 3.63) is 35.9 Å². The molecule has 3 N–H and O–H groups in total. The van der Waals surface area contributed by atoms with Crippen LogP contribution in [0.15, 0.2) is 30.3 Å². The highest BCUT2D eigenvalue weighted by molar-refractivity contribution is 6.74. The molecule has 352 valence electrons. The SMILES string of the molecule is CCCCCCCCCCCCCCCCC[C@H](O[Si](C)(C)C(C)(C)C)[C@@H]1C[C@@H](O[Si](C)(C)C(C)(C)C)[C@@H]([C@@H](O)CC[C@H](O)[C@H](O)CCCCCOCc2ccccc2)O1. The summed E-state index contributed by atoms with van der Waals surface area (Å²) >= 11 is 0. The van der Waals surface area contributed by atoms with Crippen LogP contribution >= 0.6 is 0 Å². The summed E-state index contributed by atoms with van der Waals surface area (Å²) in [5.41, 5.74) is 1.17. The molecular weight excluding hydrogens is 781 g/mol. The van der Waals surface area contributed by atoms with Crippen molar-refractivity contribution in [1.29, 1.82) is 0 Å². The topological polar surface area (TPSA) is 97.6 Å². The van der Waals surface area contributed by atoms with Crippen molar-refractivity contribution in [2.45, 2.75) is 282 Å². The van der Waals surface area contributed by atoms with Crippen LogP contribution in [0.4, 0.5) is 0 Å². The summed E-state index contributed by atoms with van der Waals surface area (Å²) in [5.74, 6) is 0. The summed E-state index contributed by atoms with van der Waals surface area (Å²) in [6, 6.07) is 10.2. The molecule has 0 bridgehead atoms. The summed E-state index contributed by atoms with van der Waals surface area (Å²) in [6.07, 6.45) is 22.2. The van der Waals surface area contributed by atoms with Gasteiger partial charge in [-0.05, 0) is 73.9 Å². The highest BCUT2D eigenvalue weighted by Gasteiger charge is 2.50. The Bertz CT molecular complexity index is 1200. The van der Waals surface area contributed by atoms with Crippen LogP contribution in [0, 0.1) is 0 Å². The Labute approximate surface area is 373 Å². The zero-order chi connectivity index (χ0) is 44.7. The van der Waals surface area contributed by atoms with E-state index in [2.05, 4.69) is 86.8 Å². The molecule has 1 aliphatic rings. The zero-order valence-electron chi connectivity index (χ0n) is 41.1. The first-order valence-corrected chi connectivity index (χ1v) is 30.8. The minimum Gasteiger partial charge on any atom is -0.411 e. The maximum atomic E-state index is 11.8. The molecule has 1 fully saturated rings. The second kappa shape index (κ2) is 29.0. The van der Waals surface area contributed by atoms with Gasteiger partial charge in [0.1, 0.15) is 6.10 Å². The lowest BCUT2D eigenvalue weighted by atomic mass is 9.96. The number of aliphatic hydroxyl groups excluding tert-OH is 3. The molecule has 1 aliphatic heterocycles. The third-order valence-corrected chi connectivity index (χ3v) is 23.2. The lowest BCUT2D eigenvalue weighted by molar-refractivity contribution is -0.0946. The number of benzene rings is 1. The number of unbranched alkanes of at least 4 members (excludes halogenated alkanes) is 16. The second-order valence-electron chi connectivity index (χ2n) is 21.6. The molecular formula is C51H98O7Si2. The molecule has 1 aromatic carbocycles. The first-order valence-electron chi connectivity index (χ1n) is 25.0. The highest BCUT2D eigenvalue weighted by atomic mass is 28.4. The van der Waals surface area contributed by atoms with Crippen molar-refractivity contribution in [2.24, 2.45) is 0 Å². The Morgan fingerprint density at radius 2 is 1.10 bits per heavy atom. The van der Waals surface area contributed by atoms with Crippen molar-refractivity contribution in [3.63, 3.8) is 0 Å². The highest BCUT2D eigenvalue weighted by Crippen LogP contribution is 2.43. The lowest BCUT2D eigenvalue weighted by Crippen LogP contribution is -2.48. The monoisotopic (exact) mass is 879 g/mol. The molecule has 1 aromatic rings. The fourth-order valence-corrected chi connectivity index (χ4v) is 10.7. The Kier molecular flexibility index (Phi) is 26.8. The number of rotatable bonds is 34. The average molecular weight is 880 g/mol. The van der Waals surface area contributed by atoms with Gasteiger partial charge in [0, 0.05) is 13.0 Å². The van der Waals surface area contributed by atoms with Gasteiger partial charge in [-0.3, -0.25) is 0 Å². The second-order valence-corrected chi connectivity index (χ2v) is 31.1. The molecule has 7 nitrogen and oxygen atoms in total. The molecule has 0 spiro atoms. The Morgan fingerprint density at radius 3 is 1.63 bits per heavy atom. The Balaban J connectivity index is 1.93. The van der Waals surface area contributed by atoms with E-state index < -0.39 is 41.1 Å². The van der Waals surface area contributed by atoms with E-state index in [-0.39, 0.29) is 28.4 Å². The van der Waals surface area contributed by atoms with Gasteiger partial charge in [0.15, 0.2) is 16.6 Å². The predicted molar refractivity (Wildman–Crippen MR) is 259 cm³/mol. The minimum absolute atomic E-state index is 0.0137. The molecule has 2 rings (SSSR count). The van der Waals surface area contributed by atoms with Crippen molar-refractivity contribution >= 4 is 16.6 Å². The van der Waals surface area contributed by atoms with Gasteiger partial charge < -0.3 is 33.6 Å². The summed E-state index contributed by atoms with van der Waals surface area (Å²) < 4.78 is 27.0. The molecule has 1 saturated heterocycles. The molecule has 1 heterocycles. The Morgan fingerprint density at radius 1 is 0.617 bits per heavy atom. The first-order chi connectivity index (χ1) is 28.3. The molecule has 0 aromatic heterocycles. The van der Waals surface area contributed by atoms with Crippen LogP contribution < -0.4 is 0 Å². The van der Waals surface area contributed by atoms with E-state index in [1.54, 1.807) is 0 Å². The average Bonchev–Trinajstić information content (AvgIpc) is 3.59. The van der Waals surface area contributed by atoms with Gasteiger partial charge in [-0.25, -0.2) is 0 Å². The van der Waals surface area contributed by atoms with Crippen LogP contribution in [0.1, 0.15) is 202 Å². The first kappa shape index (κ1) is 55.5. The van der Waals surface area contributed by atoms with E-state index in [0.717, 1.165) is 32.1 Å². The largest absolute Gasteiger partial charge is 0.411 e. The van der Waals surface area contributed by atoms with Gasteiger partial charge in [0.25, 0.3) is 0 Å². The lowest BCUT2D eigenvalue weighted by Gasteiger charge is -2.41. The van der Waals surface area contributed by atoms with Crippen molar-refractivity contribution in [1.82, 2.24) is 0 Å². The van der Waals surface area contributed by atoms with Crippen molar-refractivity contribution in [3.8, 4) is 0 Å². The quantitative estimate of drug-likeness (QED) is 0.0469. The van der Waals surface area contributed by atoms with Gasteiger partial charge in [-0.2, -0.15) is 0 Å².